The van der Waals surface area contributed by atoms with Crippen LogP contribution in [0.25, 0.3) is 0 Å². The van der Waals surface area contributed by atoms with Crippen molar-refractivity contribution in [3.8, 4) is 0 Å². The van der Waals surface area contributed by atoms with Crippen LogP contribution in [0.5, 0.6) is 0 Å². The maximum absolute atomic E-state index is 12.6. The van der Waals surface area contributed by atoms with Crippen LogP contribution in [0.1, 0.15) is 42.6 Å². The first-order valence-corrected chi connectivity index (χ1v) is 7.38. The first-order valence-electron chi connectivity index (χ1n) is 7.38. The van der Waals surface area contributed by atoms with E-state index in [4.69, 9.17) is 5.11 Å². The smallest absolute Gasteiger partial charge is 0.303 e. The lowest BCUT2D eigenvalue weighted by atomic mass is 10.1. The molecule has 21 heavy (non-hydrogen) atoms. The molecule has 0 aliphatic carbocycles. The number of carboxylic acid groups (broad SMARTS) is 1. The number of hydrogen-bond donors (Lipinski definition) is 2. The maximum atomic E-state index is 12.6. The second kappa shape index (κ2) is 6.61. The van der Waals surface area contributed by atoms with E-state index >= 15 is 0 Å². The molecule has 0 spiro atoms. The van der Waals surface area contributed by atoms with Gasteiger partial charge in [0.25, 0.3) is 5.91 Å². The molecular weight excluding hydrogens is 268 g/mol. The van der Waals surface area contributed by atoms with Gasteiger partial charge in [-0.2, -0.15) is 0 Å². The van der Waals surface area contributed by atoms with E-state index in [1.165, 1.54) is 5.56 Å². The molecule has 0 bridgehead atoms. The fourth-order valence-corrected chi connectivity index (χ4v) is 2.58. The molecule has 1 aromatic rings. The van der Waals surface area contributed by atoms with Crippen molar-refractivity contribution in [1.29, 1.82) is 0 Å². The van der Waals surface area contributed by atoms with Crippen LogP contribution in [0, 0.1) is 0 Å². The summed E-state index contributed by atoms with van der Waals surface area (Å²) in [6, 6.07) is 5.81. The normalized spacial score (nSPS) is 12.9. The minimum absolute atomic E-state index is 0.0353. The molecule has 0 atom stereocenters. The Balaban J connectivity index is 2.09. The third-order valence-corrected chi connectivity index (χ3v) is 3.74. The zero-order chi connectivity index (χ0) is 15.4. The number of hydrogen-bond acceptors (Lipinski definition) is 3. The molecule has 1 aliphatic heterocycles. The predicted octanol–water partition coefficient (Wildman–Crippen LogP) is 2.37. The Morgan fingerprint density at radius 1 is 1.38 bits per heavy atom. The summed E-state index contributed by atoms with van der Waals surface area (Å²) in [6.07, 6.45) is 1.56. The molecule has 1 aromatic carbocycles. The number of carbonyl (C=O) groups is 2. The predicted molar refractivity (Wildman–Crippen MR) is 81.7 cm³/mol. The second-order valence-corrected chi connectivity index (χ2v) is 5.64. The lowest BCUT2D eigenvalue weighted by molar-refractivity contribution is -0.137. The van der Waals surface area contributed by atoms with Gasteiger partial charge in [0.1, 0.15) is 0 Å². The van der Waals surface area contributed by atoms with Crippen LogP contribution in [0.3, 0.4) is 0 Å². The molecule has 1 aliphatic rings. The average molecular weight is 290 g/mol. The summed E-state index contributed by atoms with van der Waals surface area (Å²) in [4.78, 5) is 25.0. The standard InChI is InChI=1S/C16H22N2O3/c1-11(2)18(9-3-4-15(19)20)16(21)13-6-5-12-7-8-17-14(12)10-13/h5-6,10-11,17H,3-4,7-9H2,1-2H3,(H,19,20). The van der Waals surface area contributed by atoms with Crippen LogP contribution >= 0.6 is 0 Å². The zero-order valence-corrected chi connectivity index (χ0v) is 12.6. The number of benzene rings is 1. The third kappa shape index (κ3) is 3.74. The van der Waals surface area contributed by atoms with Crippen LogP contribution in [0.4, 0.5) is 5.69 Å². The van der Waals surface area contributed by atoms with Gasteiger partial charge >= 0.3 is 5.97 Å². The van der Waals surface area contributed by atoms with Gasteiger partial charge < -0.3 is 15.3 Å². The molecule has 0 fully saturated rings. The number of nitrogens with one attached hydrogen (secondary N) is 1. The Bertz CT molecular complexity index is 540. The molecule has 0 saturated carbocycles. The van der Waals surface area contributed by atoms with Gasteiger partial charge in [0.2, 0.25) is 0 Å². The fraction of sp³-hybridized carbons (Fsp3) is 0.500. The van der Waals surface area contributed by atoms with Crippen molar-refractivity contribution < 1.29 is 14.7 Å². The van der Waals surface area contributed by atoms with Gasteiger partial charge in [-0.25, -0.2) is 0 Å². The van der Waals surface area contributed by atoms with E-state index in [1.54, 1.807) is 4.90 Å². The molecule has 1 amide bonds. The fourth-order valence-electron chi connectivity index (χ4n) is 2.58. The van der Waals surface area contributed by atoms with E-state index in [0.717, 1.165) is 18.7 Å². The number of aliphatic carboxylic acids is 1. The topological polar surface area (TPSA) is 69.6 Å². The van der Waals surface area contributed by atoms with Gasteiger partial charge in [0.15, 0.2) is 0 Å². The molecule has 0 unspecified atom stereocenters. The van der Waals surface area contributed by atoms with Crippen molar-refractivity contribution in [1.82, 2.24) is 4.90 Å². The van der Waals surface area contributed by atoms with Crippen LogP contribution in [-0.4, -0.2) is 41.0 Å². The minimum Gasteiger partial charge on any atom is -0.481 e. The molecule has 1 heterocycles. The average Bonchev–Trinajstić information content (AvgIpc) is 2.89. The van der Waals surface area contributed by atoms with E-state index in [1.807, 2.05) is 32.0 Å². The summed E-state index contributed by atoms with van der Waals surface area (Å²) in [7, 11) is 0. The Morgan fingerprint density at radius 3 is 2.81 bits per heavy atom. The summed E-state index contributed by atoms with van der Waals surface area (Å²) in [5.74, 6) is -0.861. The maximum Gasteiger partial charge on any atom is 0.303 e. The van der Waals surface area contributed by atoms with Gasteiger partial charge in [-0.1, -0.05) is 6.07 Å². The molecule has 0 saturated heterocycles. The van der Waals surface area contributed by atoms with Crippen molar-refractivity contribution in [3.05, 3.63) is 29.3 Å². The van der Waals surface area contributed by atoms with E-state index in [-0.39, 0.29) is 18.4 Å². The summed E-state index contributed by atoms with van der Waals surface area (Å²) in [5.41, 5.74) is 2.94. The largest absolute Gasteiger partial charge is 0.481 e. The van der Waals surface area contributed by atoms with Gasteiger partial charge in [0.05, 0.1) is 0 Å². The number of rotatable bonds is 6. The first kappa shape index (κ1) is 15.4. The SMILES string of the molecule is CC(C)N(CCCC(=O)O)C(=O)c1ccc2c(c1)NCC2. The number of fused-ring (bicyclic) bond motifs is 1. The summed E-state index contributed by atoms with van der Waals surface area (Å²) < 4.78 is 0. The van der Waals surface area contributed by atoms with E-state index in [0.29, 0.717) is 18.5 Å². The van der Waals surface area contributed by atoms with Crippen LogP contribution in [0.2, 0.25) is 0 Å². The Labute approximate surface area is 125 Å². The Morgan fingerprint density at radius 2 is 2.14 bits per heavy atom. The highest BCUT2D eigenvalue weighted by Gasteiger charge is 2.20. The number of carboxylic acids is 1. The minimum atomic E-state index is -0.826. The monoisotopic (exact) mass is 290 g/mol. The van der Waals surface area contributed by atoms with Crippen LogP contribution < -0.4 is 5.32 Å². The van der Waals surface area contributed by atoms with Gasteiger partial charge in [-0.05, 0) is 44.4 Å². The Kier molecular flexibility index (Phi) is 4.83. The van der Waals surface area contributed by atoms with E-state index in [9.17, 15) is 9.59 Å². The van der Waals surface area contributed by atoms with Crippen molar-refractivity contribution in [2.24, 2.45) is 0 Å². The molecule has 2 rings (SSSR count). The summed E-state index contributed by atoms with van der Waals surface area (Å²) in [6.45, 7) is 5.28. The highest BCUT2D eigenvalue weighted by molar-refractivity contribution is 5.95. The van der Waals surface area contributed by atoms with Gasteiger partial charge in [-0.3, -0.25) is 9.59 Å². The molecule has 5 nitrogen and oxygen atoms in total. The van der Waals surface area contributed by atoms with Crippen LogP contribution in [-0.2, 0) is 11.2 Å². The third-order valence-electron chi connectivity index (χ3n) is 3.74. The lowest BCUT2D eigenvalue weighted by Gasteiger charge is -2.27. The van der Waals surface area contributed by atoms with Crippen molar-refractivity contribution in [3.63, 3.8) is 0 Å². The zero-order valence-electron chi connectivity index (χ0n) is 12.6. The molecule has 2 N–H and O–H groups in total. The van der Waals surface area contributed by atoms with Crippen molar-refractivity contribution in [2.75, 3.05) is 18.4 Å². The number of anilines is 1. The number of amides is 1. The highest BCUT2D eigenvalue weighted by atomic mass is 16.4. The van der Waals surface area contributed by atoms with E-state index in [2.05, 4.69) is 5.32 Å². The van der Waals surface area contributed by atoms with Crippen LogP contribution in [0.15, 0.2) is 18.2 Å². The Hall–Kier alpha value is -2.04. The summed E-state index contributed by atoms with van der Waals surface area (Å²) in [5, 5.41) is 12.0. The molecule has 0 aromatic heterocycles. The summed E-state index contributed by atoms with van der Waals surface area (Å²) >= 11 is 0. The molecule has 5 heteroatoms. The van der Waals surface area contributed by atoms with Crippen molar-refractivity contribution >= 4 is 17.6 Å². The number of carbonyl (C=O) groups excluding carboxylic acids is 1. The van der Waals surface area contributed by atoms with E-state index < -0.39 is 5.97 Å². The second-order valence-electron chi connectivity index (χ2n) is 5.64. The highest BCUT2D eigenvalue weighted by Crippen LogP contribution is 2.24. The first-order chi connectivity index (χ1) is 9.99. The quantitative estimate of drug-likeness (QED) is 0.844. The molecule has 114 valence electrons. The number of nitrogens with zero attached hydrogens (tertiary/aromatic N) is 1. The molecular formula is C16H22N2O3. The van der Waals surface area contributed by atoms with Gasteiger partial charge in [0, 0.05) is 36.8 Å². The molecule has 0 radical (unpaired) electrons. The lowest BCUT2D eigenvalue weighted by Crippen LogP contribution is -2.37. The van der Waals surface area contributed by atoms with Gasteiger partial charge in [-0.15, -0.1) is 0 Å². The van der Waals surface area contributed by atoms with Crippen molar-refractivity contribution in [2.45, 2.75) is 39.2 Å².